The first-order chi connectivity index (χ1) is 18.0. The van der Waals surface area contributed by atoms with Gasteiger partial charge < -0.3 is 10.2 Å². The fraction of sp³-hybridized carbons (Fsp3) is 0.235. The van der Waals surface area contributed by atoms with E-state index in [0.29, 0.717) is 11.5 Å². The van der Waals surface area contributed by atoms with Gasteiger partial charge >= 0.3 is 0 Å². The van der Waals surface area contributed by atoms with Crippen LogP contribution in [0.1, 0.15) is 63.8 Å². The van der Waals surface area contributed by atoms with Crippen molar-refractivity contribution in [3.8, 4) is 11.5 Å². The monoisotopic (exact) mass is 626 g/mol. The predicted octanol–water partition coefficient (Wildman–Crippen LogP) is 9.72. The minimum absolute atomic E-state index is 0. The maximum atomic E-state index is 10.3. The van der Waals surface area contributed by atoms with Crippen LogP contribution < -0.4 is 0 Å². The molecular weight excluding hydrogens is 587 g/mol. The van der Waals surface area contributed by atoms with Crippen molar-refractivity contribution in [2.45, 2.75) is 52.4 Å². The summed E-state index contributed by atoms with van der Waals surface area (Å²) < 4.78 is 0. The first-order valence-corrected chi connectivity index (χ1v) is 12.8. The molecular formula is C34H40Cl2N2O2Ti. The number of halogens is 2. The van der Waals surface area contributed by atoms with E-state index in [1.54, 1.807) is 12.4 Å². The fourth-order valence-electron chi connectivity index (χ4n) is 3.86. The number of aliphatic imine (C=N–C) groups is 2. The number of phenolic OH excluding ortho intramolecular Hbond substituents is 2. The molecule has 0 spiro atoms. The summed E-state index contributed by atoms with van der Waals surface area (Å²) in [7, 11) is 0. The molecule has 0 aliphatic rings. The summed E-state index contributed by atoms with van der Waals surface area (Å²) in [4.78, 5) is 8.75. The SMILES string of the molecule is CC(C)(C)c1cccc(C=Nc2ccccc2)c1O.CC(C)(C)c1cccc(C=Nc2ccccc2)c1O.Cl.Cl.[Ti]. The van der Waals surface area contributed by atoms with Gasteiger partial charge in [0.2, 0.25) is 0 Å². The van der Waals surface area contributed by atoms with E-state index in [0.717, 1.165) is 33.6 Å². The van der Waals surface area contributed by atoms with Crippen LogP contribution in [0.4, 0.5) is 11.4 Å². The Bertz CT molecular complexity index is 1290. The molecule has 0 saturated heterocycles. The van der Waals surface area contributed by atoms with Gasteiger partial charge in [0.15, 0.2) is 0 Å². The smallest absolute Gasteiger partial charge is 0.128 e. The molecule has 216 valence electrons. The van der Waals surface area contributed by atoms with E-state index < -0.39 is 0 Å². The standard InChI is InChI=1S/2C17H19NO.2ClH.Ti/c2*1-17(2,3)15-11-7-8-13(16(15)19)12-18-14-9-5-4-6-10-14;;;/h2*4-12,19H,1-3H3;2*1H;. The van der Waals surface area contributed by atoms with Gasteiger partial charge in [0.05, 0.1) is 11.4 Å². The number of rotatable bonds is 4. The number of hydrogen-bond acceptors (Lipinski definition) is 4. The number of para-hydroxylation sites is 4. The maximum Gasteiger partial charge on any atom is 0.128 e. The van der Waals surface area contributed by atoms with Gasteiger partial charge in [-0.2, -0.15) is 0 Å². The quantitative estimate of drug-likeness (QED) is 0.175. The van der Waals surface area contributed by atoms with Crippen molar-refractivity contribution in [3.05, 3.63) is 119 Å². The molecule has 7 heteroatoms. The third-order valence-electron chi connectivity index (χ3n) is 5.97. The summed E-state index contributed by atoms with van der Waals surface area (Å²) >= 11 is 0. The predicted molar refractivity (Wildman–Crippen MR) is 176 cm³/mol. The molecule has 0 unspecified atom stereocenters. The summed E-state index contributed by atoms with van der Waals surface area (Å²) in [5.41, 5.74) is 4.95. The average molecular weight is 627 g/mol. The van der Waals surface area contributed by atoms with Crippen molar-refractivity contribution >= 4 is 48.6 Å². The summed E-state index contributed by atoms with van der Waals surface area (Å²) in [6, 6.07) is 31.0. The number of phenols is 2. The van der Waals surface area contributed by atoms with E-state index in [4.69, 9.17) is 0 Å². The van der Waals surface area contributed by atoms with Gasteiger partial charge in [-0.1, -0.05) is 102 Å². The number of nitrogens with zero attached hydrogens (tertiary/aromatic N) is 2. The van der Waals surface area contributed by atoms with E-state index >= 15 is 0 Å². The molecule has 4 nitrogen and oxygen atoms in total. The molecule has 0 saturated carbocycles. The zero-order valence-corrected chi connectivity index (χ0v) is 27.7. The Hall–Kier alpha value is -2.89. The normalized spacial score (nSPS) is 11.1. The summed E-state index contributed by atoms with van der Waals surface area (Å²) in [6.07, 6.45) is 3.42. The van der Waals surface area contributed by atoms with Crippen LogP contribution in [0.25, 0.3) is 0 Å². The summed E-state index contributed by atoms with van der Waals surface area (Å²) in [5, 5.41) is 20.6. The number of hydrogen-bond donors (Lipinski definition) is 2. The zero-order valence-electron chi connectivity index (χ0n) is 24.5. The van der Waals surface area contributed by atoms with Crippen molar-refractivity contribution in [2.24, 2.45) is 9.98 Å². The van der Waals surface area contributed by atoms with Crippen molar-refractivity contribution in [1.29, 1.82) is 0 Å². The largest absolute Gasteiger partial charge is 0.507 e. The Balaban J connectivity index is 0.000000727. The van der Waals surface area contributed by atoms with Gasteiger partial charge in [0.25, 0.3) is 0 Å². The number of aromatic hydroxyl groups is 2. The van der Waals surface area contributed by atoms with Crippen LogP contribution in [0.15, 0.2) is 107 Å². The van der Waals surface area contributed by atoms with E-state index in [1.807, 2.05) is 97.1 Å². The first kappa shape index (κ1) is 38.1. The van der Waals surface area contributed by atoms with E-state index in [-0.39, 0.29) is 57.4 Å². The van der Waals surface area contributed by atoms with Crippen molar-refractivity contribution in [3.63, 3.8) is 0 Å². The van der Waals surface area contributed by atoms with Crippen LogP contribution in [0.3, 0.4) is 0 Å². The molecule has 4 aromatic rings. The molecule has 2 N–H and O–H groups in total. The molecule has 0 aliphatic heterocycles. The second kappa shape index (κ2) is 17.2. The van der Waals surface area contributed by atoms with E-state index in [9.17, 15) is 10.2 Å². The molecule has 4 aromatic carbocycles. The van der Waals surface area contributed by atoms with Crippen LogP contribution in [0.2, 0.25) is 0 Å². The van der Waals surface area contributed by atoms with Crippen LogP contribution in [0, 0.1) is 0 Å². The van der Waals surface area contributed by atoms with Crippen molar-refractivity contribution < 1.29 is 31.9 Å². The molecule has 0 aromatic heterocycles. The molecule has 0 radical (unpaired) electrons. The Morgan fingerprint density at radius 2 is 0.805 bits per heavy atom. The second-order valence-electron chi connectivity index (χ2n) is 11.2. The molecule has 4 rings (SSSR count). The van der Waals surface area contributed by atoms with Gasteiger partial charge in [-0.3, -0.25) is 9.98 Å². The first-order valence-electron chi connectivity index (χ1n) is 12.8. The van der Waals surface area contributed by atoms with Gasteiger partial charge in [-0.05, 0) is 58.4 Å². The molecule has 0 amide bonds. The molecule has 0 heterocycles. The third kappa shape index (κ3) is 11.5. The number of benzene rings is 4. The summed E-state index contributed by atoms with van der Waals surface area (Å²) in [6.45, 7) is 12.5. The molecule has 41 heavy (non-hydrogen) atoms. The molecule has 0 fully saturated rings. The van der Waals surface area contributed by atoms with Gasteiger partial charge in [0.1, 0.15) is 11.5 Å². The van der Waals surface area contributed by atoms with Gasteiger partial charge in [0, 0.05) is 45.3 Å². The molecule has 0 atom stereocenters. The minimum Gasteiger partial charge on any atom is -0.507 e. The Labute approximate surface area is 272 Å². The molecule has 0 bridgehead atoms. The van der Waals surface area contributed by atoms with Crippen LogP contribution in [-0.4, -0.2) is 22.6 Å². The Kier molecular flexibility index (Phi) is 16.0. The van der Waals surface area contributed by atoms with Gasteiger partial charge in [-0.15, -0.1) is 24.8 Å². The van der Waals surface area contributed by atoms with Gasteiger partial charge in [-0.25, -0.2) is 0 Å². The van der Waals surface area contributed by atoms with Crippen molar-refractivity contribution in [2.75, 3.05) is 0 Å². The third-order valence-corrected chi connectivity index (χ3v) is 5.97. The maximum absolute atomic E-state index is 10.3. The minimum atomic E-state index is -0.0827. The fourth-order valence-corrected chi connectivity index (χ4v) is 3.86. The van der Waals surface area contributed by atoms with Crippen LogP contribution in [0.5, 0.6) is 11.5 Å². The Morgan fingerprint density at radius 1 is 0.488 bits per heavy atom. The van der Waals surface area contributed by atoms with Crippen LogP contribution >= 0.6 is 24.8 Å². The second-order valence-corrected chi connectivity index (χ2v) is 11.2. The van der Waals surface area contributed by atoms with E-state index in [2.05, 4.69) is 51.5 Å². The molecule has 0 aliphatic carbocycles. The Morgan fingerprint density at radius 3 is 1.10 bits per heavy atom. The van der Waals surface area contributed by atoms with Crippen LogP contribution in [-0.2, 0) is 32.5 Å². The average Bonchev–Trinajstić information content (AvgIpc) is 2.88. The van der Waals surface area contributed by atoms with E-state index in [1.165, 1.54) is 0 Å². The summed E-state index contributed by atoms with van der Waals surface area (Å²) in [5.74, 6) is 0.629. The van der Waals surface area contributed by atoms with Crippen molar-refractivity contribution in [1.82, 2.24) is 0 Å². The topological polar surface area (TPSA) is 65.2 Å². The zero-order chi connectivity index (χ0) is 27.8.